The predicted octanol–water partition coefficient (Wildman–Crippen LogP) is -0.259. The van der Waals surface area contributed by atoms with Crippen LogP contribution in [-0.4, -0.2) is 96.1 Å². The number of nitrogens with zero attached hydrogens (tertiary/aromatic N) is 8. The van der Waals surface area contributed by atoms with Crippen molar-refractivity contribution in [2.45, 2.75) is 82.7 Å². The van der Waals surface area contributed by atoms with Crippen LogP contribution in [0.15, 0.2) is 19.0 Å². The second kappa shape index (κ2) is 10.6. The van der Waals surface area contributed by atoms with Crippen molar-refractivity contribution in [1.82, 2.24) is 39.0 Å². The topological polar surface area (TPSA) is 213 Å². The van der Waals surface area contributed by atoms with E-state index in [1.807, 2.05) is 6.92 Å². The van der Waals surface area contributed by atoms with E-state index < -0.39 is 48.9 Å². The highest BCUT2D eigenvalue weighted by Gasteiger charge is 2.39. The van der Waals surface area contributed by atoms with Gasteiger partial charge in [0.15, 0.2) is 22.6 Å². The van der Waals surface area contributed by atoms with Gasteiger partial charge < -0.3 is 35.6 Å². The number of rotatable bonds is 4. The van der Waals surface area contributed by atoms with Gasteiger partial charge in [-0.25, -0.2) is 19.9 Å². The molecular weight excluding hydrogens is 517 g/mol. The third kappa shape index (κ3) is 5.13. The number of nitrogen functional groups attached to an aromatic ring is 1. The highest BCUT2D eigenvalue weighted by Crippen LogP contribution is 2.33. The molecule has 0 radical (unpaired) electrons. The van der Waals surface area contributed by atoms with Crippen LogP contribution in [0.25, 0.3) is 22.3 Å². The van der Waals surface area contributed by atoms with Gasteiger partial charge >= 0.3 is 6.08 Å². The van der Waals surface area contributed by atoms with Gasteiger partial charge in [0.2, 0.25) is 0 Å². The number of anilines is 1. The molecule has 16 heteroatoms. The van der Waals surface area contributed by atoms with Gasteiger partial charge in [0.1, 0.15) is 36.5 Å². The van der Waals surface area contributed by atoms with Crippen LogP contribution in [0.1, 0.15) is 44.8 Å². The summed E-state index contributed by atoms with van der Waals surface area (Å²) in [4.78, 5) is 23.6. The van der Waals surface area contributed by atoms with Crippen molar-refractivity contribution >= 4 is 28.1 Å². The highest BCUT2D eigenvalue weighted by atomic mass is 19.1. The number of ether oxygens (including phenoxy) is 2. The second-order valence-corrected chi connectivity index (χ2v) is 9.68. The van der Waals surface area contributed by atoms with Gasteiger partial charge in [0.05, 0.1) is 42.8 Å². The Morgan fingerprint density at radius 1 is 0.872 bits per heavy atom. The number of aryl methyl sites for hydroxylation is 1. The fourth-order valence-corrected chi connectivity index (χ4v) is 4.87. The predicted molar refractivity (Wildman–Crippen MR) is 132 cm³/mol. The molecule has 210 valence electrons. The highest BCUT2D eigenvalue weighted by molar-refractivity contribution is 5.81. The maximum Gasteiger partial charge on any atom is 0.312 e. The van der Waals surface area contributed by atoms with E-state index in [0.29, 0.717) is 12.1 Å². The number of aromatic nitrogens is 8. The second-order valence-electron chi connectivity index (χ2n) is 9.68. The summed E-state index contributed by atoms with van der Waals surface area (Å²) in [7, 11) is 0. The molecule has 2 saturated heterocycles. The first kappa shape index (κ1) is 27.2. The van der Waals surface area contributed by atoms with Crippen LogP contribution in [0.5, 0.6) is 0 Å². The molecule has 6 rings (SSSR count). The first-order valence-corrected chi connectivity index (χ1v) is 12.4. The Bertz CT molecular complexity index is 1460. The van der Waals surface area contributed by atoms with Gasteiger partial charge in [0.25, 0.3) is 0 Å². The minimum atomic E-state index is -0.956. The maximum absolute atomic E-state index is 13.3. The van der Waals surface area contributed by atoms with Crippen LogP contribution < -0.4 is 5.73 Å². The summed E-state index contributed by atoms with van der Waals surface area (Å²) in [5.74, 6) is -0.0585. The molecule has 4 aromatic rings. The maximum atomic E-state index is 13.3. The molecule has 4 unspecified atom stereocenters. The SMILES string of the molecule is C[C@@H](O)[C@H]1O[C@@H](n2cnc3c(N)nc(F)nc32)C[C@@H]1O.Cc1ncnc2c1ncn2C1CC(O)C(C(C)O)O1. The smallest absolute Gasteiger partial charge is 0.312 e. The number of fused-ring (bicyclic) bond motifs is 2. The number of hydrogen-bond acceptors (Lipinski definition) is 13. The van der Waals surface area contributed by atoms with Gasteiger partial charge in [-0.05, 0) is 20.8 Å². The third-order valence-electron chi connectivity index (χ3n) is 6.81. The molecule has 0 saturated carbocycles. The van der Waals surface area contributed by atoms with Crippen LogP contribution >= 0.6 is 0 Å². The van der Waals surface area contributed by atoms with E-state index in [1.165, 1.54) is 24.1 Å². The Balaban J connectivity index is 0.000000158. The van der Waals surface area contributed by atoms with E-state index in [2.05, 4.69) is 29.9 Å². The summed E-state index contributed by atoms with van der Waals surface area (Å²) >= 11 is 0. The van der Waals surface area contributed by atoms with Crippen LogP contribution in [0.4, 0.5) is 10.2 Å². The van der Waals surface area contributed by atoms with E-state index in [4.69, 9.17) is 15.2 Å². The van der Waals surface area contributed by atoms with Gasteiger partial charge in [-0.3, -0.25) is 9.13 Å². The first-order valence-electron chi connectivity index (χ1n) is 12.4. The van der Waals surface area contributed by atoms with Crippen molar-refractivity contribution < 1.29 is 34.3 Å². The number of nitrogens with two attached hydrogens (primary N) is 1. The van der Waals surface area contributed by atoms with Crippen molar-refractivity contribution in [3.05, 3.63) is 30.8 Å². The lowest BCUT2D eigenvalue weighted by Crippen LogP contribution is -2.32. The molecule has 0 aliphatic carbocycles. The number of halogens is 1. The summed E-state index contributed by atoms with van der Waals surface area (Å²) in [5.41, 5.74) is 8.24. The standard InChI is InChI=1S/C12H16N4O3.C11H14FN5O3/c1-6-10-12(14-4-13-6)16(5-15-10)9-3-8(18)11(19-9)7(2)17;1-4(18)8-5(19)2-6(20-8)17-3-14-7-9(13)15-11(12)16-10(7)17/h4-5,7-9,11,17-18H,3H2,1-2H3;3-6,8,18-19H,2H2,1H3,(H2,13,15,16)/t;4-,5+,6-,8-/m.1/s1. The van der Waals surface area contributed by atoms with Crippen LogP contribution in [0.3, 0.4) is 0 Å². The zero-order chi connectivity index (χ0) is 28.0. The van der Waals surface area contributed by atoms with Crippen LogP contribution in [0.2, 0.25) is 0 Å². The van der Waals surface area contributed by atoms with E-state index in [1.54, 1.807) is 17.8 Å². The van der Waals surface area contributed by atoms with Gasteiger partial charge in [-0.15, -0.1) is 0 Å². The minimum absolute atomic E-state index is 0.0585. The molecule has 0 amide bonds. The lowest BCUT2D eigenvalue weighted by molar-refractivity contribution is -0.0750. The number of aliphatic hydroxyl groups excluding tert-OH is 4. The summed E-state index contributed by atoms with van der Waals surface area (Å²) in [6.07, 6.45) is -1.08. The van der Waals surface area contributed by atoms with E-state index >= 15 is 0 Å². The molecule has 15 nitrogen and oxygen atoms in total. The largest absolute Gasteiger partial charge is 0.391 e. The number of aliphatic hydroxyl groups is 4. The van der Waals surface area contributed by atoms with E-state index in [0.717, 1.165) is 11.2 Å². The van der Waals surface area contributed by atoms with Gasteiger partial charge in [-0.1, -0.05) is 0 Å². The molecule has 6 heterocycles. The monoisotopic (exact) mass is 547 g/mol. The molecule has 6 N–H and O–H groups in total. The number of imidazole rings is 2. The molecule has 2 aliphatic heterocycles. The summed E-state index contributed by atoms with van der Waals surface area (Å²) < 4.78 is 27.8. The molecule has 2 aliphatic rings. The van der Waals surface area contributed by atoms with Crippen LogP contribution in [-0.2, 0) is 9.47 Å². The lowest BCUT2D eigenvalue weighted by atomic mass is 10.1. The van der Waals surface area contributed by atoms with Crippen molar-refractivity contribution in [3.8, 4) is 0 Å². The molecule has 2 fully saturated rings. The molecule has 4 aromatic heterocycles. The van der Waals surface area contributed by atoms with E-state index in [9.17, 15) is 24.8 Å². The zero-order valence-corrected chi connectivity index (χ0v) is 21.4. The van der Waals surface area contributed by atoms with Crippen molar-refractivity contribution in [2.24, 2.45) is 0 Å². The fraction of sp³-hybridized carbons (Fsp3) is 0.565. The Hall–Kier alpha value is -3.41. The summed E-state index contributed by atoms with van der Waals surface area (Å²) in [6.45, 7) is 5.00. The molecule has 0 aromatic carbocycles. The quantitative estimate of drug-likeness (QED) is 0.209. The van der Waals surface area contributed by atoms with Crippen molar-refractivity contribution in [1.29, 1.82) is 0 Å². The van der Waals surface area contributed by atoms with Gasteiger partial charge in [0, 0.05) is 12.8 Å². The van der Waals surface area contributed by atoms with Crippen LogP contribution in [0, 0.1) is 13.0 Å². The average Bonchev–Trinajstić information content (AvgIpc) is 3.64. The molecule has 0 bridgehead atoms. The van der Waals surface area contributed by atoms with Gasteiger partial charge in [-0.2, -0.15) is 14.4 Å². The third-order valence-corrected chi connectivity index (χ3v) is 6.81. The molecule has 0 spiro atoms. The number of hydrogen-bond donors (Lipinski definition) is 5. The molecule has 39 heavy (non-hydrogen) atoms. The normalized spacial score (nSPS) is 28.5. The van der Waals surface area contributed by atoms with Crippen molar-refractivity contribution in [2.75, 3.05) is 5.73 Å². The Morgan fingerprint density at radius 3 is 1.95 bits per heavy atom. The fourth-order valence-electron chi connectivity index (χ4n) is 4.87. The first-order chi connectivity index (χ1) is 18.5. The van der Waals surface area contributed by atoms with E-state index in [-0.39, 0.29) is 29.6 Å². The zero-order valence-electron chi connectivity index (χ0n) is 21.4. The summed E-state index contributed by atoms with van der Waals surface area (Å²) in [6, 6.07) is 0. The lowest BCUT2D eigenvalue weighted by Gasteiger charge is -2.17. The Morgan fingerprint density at radius 2 is 1.41 bits per heavy atom. The minimum Gasteiger partial charge on any atom is -0.391 e. The molecular formula is C23H30FN9O6. The summed E-state index contributed by atoms with van der Waals surface area (Å²) in [5, 5.41) is 38.8. The Labute approximate surface area is 221 Å². The van der Waals surface area contributed by atoms with Crippen molar-refractivity contribution in [3.63, 3.8) is 0 Å². The average molecular weight is 548 g/mol. The molecule has 8 atom stereocenters. The Kier molecular flexibility index (Phi) is 7.41.